The quantitative estimate of drug-likeness (QED) is 0.103. The van der Waals surface area contributed by atoms with Gasteiger partial charge in [0.15, 0.2) is 0 Å². The molecule has 0 unspecified atom stereocenters. The fourth-order valence-electron chi connectivity index (χ4n) is 4.48. The number of methoxy groups -OCH3 is 2. The molecule has 0 aliphatic carbocycles. The molecule has 2 aromatic carbocycles. The predicted molar refractivity (Wildman–Crippen MR) is 173 cm³/mol. The Bertz CT molecular complexity index is 1290. The summed E-state index contributed by atoms with van der Waals surface area (Å²) in [6.07, 6.45) is 11.5. The maximum atomic E-state index is 11.5. The van der Waals surface area contributed by atoms with Crippen LogP contribution in [0.2, 0.25) is 0 Å². The highest BCUT2D eigenvalue weighted by Crippen LogP contribution is 2.24. The number of unbranched alkanes of at least 4 members (excludes halogenated alkanes) is 5. The highest BCUT2D eigenvalue weighted by atomic mass is 32.2. The summed E-state index contributed by atoms with van der Waals surface area (Å²) >= 11 is 1.74. The average Bonchev–Trinajstić information content (AvgIpc) is 3.02. The number of carboxylic acids is 1. The molecule has 0 saturated carbocycles. The number of rotatable bonds is 20. The molecule has 0 bridgehead atoms. The van der Waals surface area contributed by atoms with E-state index in [2.05, 4.69) is 12.1 Å². The molecule has 8 heteroatoms. The van der Waals surface area contributed by atoms with Crippen LogP contribution >= 0.6 is 11.8 Å². The summed E-state index contributed by atoms with van der Waals surface area (Å²) in [5, 5.41) is 9.03. The van der Waals surface area contributed by atoms with E-state index in [1.807, 2.05) is 48.5 Å². The molecular formula is C35H43NO6S. The number of ether oxygens (including phenoxy) is 3. The maximum Gasteiger partial charge on any atom is 0.309 e. The number of aliphatic carboxylic acids is 1. The Kier molecular flexibility index (Phi) is 15.2. The van der Waals surface area contributed by atoms with Crippen molar-refractivity contribution < 1.29 is 28.9 Å². The minimum Gasteiger partial charge on any atom is -0.497 e. The number of esters is 1. The van der Waals surface area contributed by atoms with Crippen LogP contribution in [0, 0.1) is 0 Å². The lowest BCUT2D eigenvalue weighted by atomic mass is 10.0. The number of carbonyl (C=O) groups excluding carboxylic acids is 1. The minimum absolute atomic E-state index is 0.0649. The number of hydrogen-bond acceptors (Lipinski definition) is 7. The van der Waals surface area contributed by atoms with Crippen LogP contribution < -0.4 is 9.47 Å². The molecular weight excluding hydrogens is 562 g/mol. The second-order valence-electron chi connectivity index (χ2n) is 10.3. The van der Waals surface area contributed by atoms with Crippen LogP contribution in [0.3, 0.4) is 0 Å². The van der Waals surface area contributed by atoms with Gasteiger partial charge in [-0.2, -0.15) is 11.8 Å². The Morgan fingerprint density at radius 2 is 1.49 bits per heavy atom. The van der Waals surface area contributed by atoms with Crippen molar-refractivity contribution in [2.24, 2.45) is 0 Å². The number of pyridine rings is 1. The van der Waals surface area contributed by atoms with E-state index in [9.17, 15) is 9.59 Å². The summed E-state index contributed by atoms with van der Waals surface area (Å²) in [7, 11) is 3.08. The van der Waals surface area contributed by atoms with Crippen molar-refractivity contribution in [2.45, 2.75) is 69.3 Å². The van der Waals surface area contributed by atoms with Gasteiger partial charge in [0.25, 0.3) is 0 Å². The lowest BCUT2D eigenvalue weighted by Gasteiger charge is -2.11. The highest BCUT2D eigenvalue weighted by Gasteiger charge is 2.07. The SMILES string of the molecule is COC(=O)Cc1ccc(CSCc2ccc(OCCCCCCCCc3ccc(OC)cc3)c(C=CCC(=O)O)n2)cc1. The molecule has 0 spiro atoms. The topological polar surface area (TPSA) is 95.0 Å². The zero-order valence-corrected chi connectivity index (χ0v) is 26.1. The van der Waals surface area contributed by atoms with Crippen LogP contribution in [0.15, 0.2) is 66.7 Å². The first-order valence-corrected chi connectivity index (χ1v) is 16.0. The molecule has 7 nitrogen and oxygen atoms in total. The Hall–Kier alpha value is -3.78. The number of carbonyl (C=O) groups is 2. The molecule has 3 aromatic rings. The first-order chi connectivity index (χ1) is 21.0. The molecule has 1 aromatic heterocycles. The van der Waals surface area contributed by atoms with Gasteiger partial charge in [0.2, 0.25) is 0 Å². The molecule has 0 radical (unpaired) electrons. The number of thioether (sulfide) groups is 1. The van der Waals surface area contributed by atoms with Gasteiger partial charge in [-0.15, -0.1) is 0 Å². The molecule has 230 valence electrons. The van der Waals surface area contributed by atoms with Gasteiger partial charge in [-0.05, 0) is 66.3 Å². The first-order valence-electron chi connectivity index (χ1n) is 14.8. The highest BCUT2D eigenvalue weighted by molar-refractivity contribution is 7.97. The van der Waals surface area contributed by atoms with Crippen molar-refractivity contribution in [1.82, 2.24) is 4.98 Å². The monoisotopic (exact) mass is 605 g/mol. The minimum atomic E-state index is -0.882. The normalized spacial score (nSPS) is 11.0. The largest absolute Gasteiger partial charge is 0.497 e. The fourth-order valence-corrected chi connectivity index (χ4v) is 5.38. The molecule has 0 aliphatic heterocycles. The lowest BCUT2D eigenvalue weighted by Crippen LogP contribution is -2.04. The third-order valence-corrected chi connectivity index (χ3v) is 7.94. The number of aryl methyl sites for hydroxylation is 1. The number of benzene rings is 2. The molecule has 1 heterocycles. The van der Waals surface area contributed by atoms with Crippen molar-refractivity contribution in [3.05, 3.63) is 94.8 Å². The van der Waals surface area contributed by atoms with Gasteiger partial charge >= 0.3 is 11.9 Å². The summed E-state index contributed by atoms with van der Waals surface area (Å²) in [4.78, 5) is 27.2. The van der Waals surface area contributed by atoms with Gasteiger partial charge < -0.3 is 19.3 Å². The van der Waals surface area contributed by atoms with Crippen LogP contribution in [0.1, 0.15) is 73.0 Å². The van der Waals surface area contributed by atoms with E-state index >= 15 is 0 Å². The zero-order valence-electron chi connectivity index (χ0n) is 25.3. The Morgan fingerprint density at radius 1 is 0.814 bits per heavy atom. The first kappa shape index (κ1) is 33.7. The number of aromatic nitrogens is 1. The van der Waals surface area contributed by atoms with Crippen molar-refractivity contribution >= 4 is 29.8 Å². The number of nitrogens with zero attached hydrogens (tertiary/aromatic N) is 1. The van der Waals surface area contributed by atoms with Crippen molar-refractivity contribution in [3.63, 3.8) is 0 Å². The van der Waals surface area contributed by atoms with E-state index in [1.54, 1.807) is 31.0 Å². The van der Waals surface area contributed by atoms with Gasteiger partial charge in [0.05, 0.1) is 39.4 Å². The van der Waals surface area contributed by atoms with Crippen LogP contribution in [0.25, 0.3) is 6.08 Å². The van der Waals surface area contributed by atoms with Crippen LogP contribution in [0.5, 0.6) is 11.5 Å². The van der Waals surface area contributed by atoms with Gasteiger partial charge in [-0.3, -0.25) is 9.59 Å². The third kappa shape index (κ3) is 13.4. The van der Waals surface area contributed by atoms with Crippen molar-refractivity contribution in [3.8, 4) is 11.5 Å². The smallest absolute Gasteiger partial charge is 0.309 e. The van der Waals surface area contributed by atoms with Crippen LogP contribution in [-0.2, 0) is 38.7 Å². The molecule has 0 fully saturated rings. The van der Waals surface area contributed by atoms with E-state index in [0.29, 0.717) is 23.8 Å². The molecule has 0 aliphatic rings. The Morgan fingerprint density at radius 3 is 2.19 bits per heavy atom. The van der Waals surface area contributed by atoms with E-state index in [0.717, 1.165) is 47.6 Å². The molecule has 43 heavy (non-hydrogen) atoms. The van der Waals surface area contributed by atoms with Crippen molar-refractivity contribution in [1.29, 1.82) is 0 Å². The van der Waals surface area contributed by atoms with Gasteiger partial charge in [-0.25, -0.2) is 4.98 Å². The predicted octanol–water partition coefficient (Wildman–Crippen LogP) is 7.69. The van der Waals surface area contributed by atoms with E-state index in [4.69, 9.17) is 24.3 Å². The molecule has 3 rings (SSSR count). The van der Waals surface area contributed by atoms with Gasteiger partial charge in [0, 0.05) is 11.5 Å². The maximum absolute atomic E-state index is 11.5. The van der Waals surface area contributed by atoms with Crippen LogP contribution in [0.4, 0.5) is 0 Å². The van der Waals surface area contributed by atoms with Crippen LogP contribution in [-0.4, -0.2) is 42.9 Å². The van der Waals surface area contributed by atoms with E-state index in [-0.39, 0.29) is 18.8 Å². The van der Waals surface area contributed by atoms with E-state index in [1.165, 1.54) is 38.4 Å². The second kappa shape index (κ2) is 19.4. The number of carboxylic acid groups (broad SMARTS) is 1. The Balaban J connectivity index is 1.39. The molecule has 0 saturated heterocycles. The standard InChI is InChI=1S/C35H43NO6S/c1-40-31-20-17-27(18-21-31)10-7-5-3-4-6-8-23-42-33-22-19-30(36-32(33)11-9-12-34(37)38)26-43-25-29-15-13-28(14-16-29)24-35(39)41-2/h9,11,13-22H,3-8,10,12,23-26H2,1-2H3,(H,37,38). The second-order valence-corrected chi connectivity index (χ2v) is 11.3. The summed E-state index contributed by atoms with van der Waals surface area (Å²) in [6, 6.07) is 20.2. The fraction of sp³-hybridized carbons (Fsp3) is 0.400. The van der Waals surface area contributed by atoms with E-state index < -0.39 is 5.97 Å². The zero-order chi connectivity index (χ0) is 30.7. The van der Waals surface area contributed by atoms with Gasteiger partial charge in [-0.1, -0.05) is 68.2 Å². The summed E-state index contributed by atoms with van der Waals surface area (Å²) in [5.74, 6) is 1.96. The molecule has 0 atom stereocenters. The number of hydrogen-bond donors (Lipinski definition) is 1. The van der Waals surface area contributed by atoms with Crippen molar-refractivity contribution in [2.75, 3.05) is 20.8 Å². The lowest BCUT2D eigenvalue weighted by molar-refractivity contribution is -0.140. The molecule has 0 amide bonds. The van der Waals surface area contributed by atoms with Gasteiger partial charge in [0.1, 0.15) is 17.2 Å². The summed E-state index contributed by atoms with van der Waals surface area (Å²) in [5.41, 5.74) is 5.01. The molecule has 1 N–H and O–H groups in total. The Labute approximate surface area is 259 Å². The third-order valence-electron chi connectivity index (χ3n) is 6.91. The summed E-state index contributed by atoms with van der Waals surface area (Å²) in [6.45, 7) is 0.605. The average molecular weight is 606 g/mol. The summed E-state index contributed by atoms with van der Waals surface area (Å²) < 4.78 is 16.0.